The molecule has 3 amide bonds. The van der Waals surface area contributed by atoms with Gasteiger partial charge in [0.15, 0.2) is 0 Å². The van der Waals surface area contributed by atoms with Crippen molar-refractivity contribution in [3.8, 4) is 5.75 Å². The summed E-state index contributed by atoms with van der Waals surface area (Å²) < 4.78 is 10.6. The van der Waals surface area contributed by atoms with Crippen LogP contribution in [0.3, 0.4) is 0 Å². The Labute approximate surface area is 214 Å². The number of hydrogen-bond donors (Lipinski definition) is 2. The van der Waals surface area contributed by atoms with Gasteiger partial charge in [-0.3, -0.25) is 9.59 Å². The van der Waals surface area contributed by atoms with Crippen LogP contribution >= 0.6 is 0 Å². The van der Waals surface area contributed by atoms with Gasteiger partial charge in [0.2, 0.25) is 5.91 Å². The number of nitrogens with one attached hydrogen (secondary N) is 2. The molecule has 0 aliphatic heterocycles. The maximum Gasteiger partial charge on any atom is 0.408 e. The summed E-state index contributed by atoms with van der Waals surface area (Å²) in [6, 6.07) is 10.8. The number of benzene rings is 2. The second-order valence-corrected chi connectivity index (χ2v) is 10.2. The number of carbonyl (C=O) groups excluding carboxylic acids is 3. The molecule has 0 saturated carbocycles. The van der Waals surface area contributed by atoms with Crippen LogP contribution in [0.15, 0.2) is 42.5 Å². The smallest absolute Gasteiger partial charge is 0.408 e. The number of nitrogens with zero attached hydrogens (tertiary/aromatic N) is 1. The van der Waals surface area contributed by atoms with E-state index in [0.717, 1.165) is 11.1 Å². The predicted molar refractivity (Wildman–Crippen MR) is 141 cm³/mol. The quantitative estimate of drug-likeness (QED) is 0.535. The standard InChI is InChI=1S/C28H39N3O5/c1-17(2)23(30-27(34)36-28(5,6)7)26(33)31(8)24(22-12-10-11-18(3)19(22)4)25(32)29-20-13-15-21(35-9)16-14-20/h10-17,23-24H,1-9H3,(H,29,32)(H,30,34). The van der Waals surface area contributed by atoms with Crippen LogP contribution < -0.4 is 15.4 Å². The number of alkyl carbamates (subject to hydrolysis) is 1. The molecule has 0 aliphatic rings. The van der Waals surface area contributed by atoms with E-state index in [2.05, 4.69) is 10.6 Å². The minimum absolute atomic E-state index is 0.239. The van der Waals surface area contributed by atoms with Crippen LogP contribution in [0.1, 0.15) is 57.4 Å². The molecule has 0 aromatic heterocycles. The summed E-state index contributed by atoms with van der Waals surface area (Å²) in [6.07, 6.45) is -0.686. The van der Waals surface area contributed by atoms with Gasteiger partial charge in [0, 0.05) is 12.7 Å². The molecule has 8 heteroatoms. The largest absolute Gasteiger partial charge is 0.497 e. The van der Waals surface area contributed by atoms with E-state index in [1.807, 2.05) is 45.9 Å². The highest BCUT2D eigenvalue weighted by Crippen LogP contribution is 2.28. The lowest BCUT2D eigenvalue weighted by Crippen LogP contribution is -2.53. The van der Waals surface area contributed by atoms with Crippen LogP contribution in [-0.4, -0.2) is 48.6 Å². The number of anilines is 1. The Morgan fingerprint density at radius 1 is 0.972 bits per heavy atom. The molecule has 0 radical (unpaired) electrons. The molecule has 36 heavy (non-hydrogen) atoms. The van der Waals surface area contributed by atoms with Gasteiger partial charge in [0.1, 0.15) is 23.4 Å². The van der Waals surface area contributed by atoms with Gasteiger partial charge in [0.25, 0.3) is 5.91 Å². The Morgan fingerprint density at radius 2 is 1.58 bits per heavy atom. The summed E-state index contributed by atoms with van der Waals surface area (Å²) in [5.41, 5.74) is 2.48. The summed E-state index contributed by atoms with van der Waals surface area (Å²) in [4.78, 5) is 41.2. The fraction of sp³-hybridized carbons (Fsp3) is 0.464. The van der Waals surface area contributed by atoms with Crippen molar-refractivity contribution in [1.29, 1.82) is 0 Å². The maximum absolute atomic E-state index is 13.7. The normalized spacial score (nSPS) is 12.9. The Morgan fingerprint density at radius 3 is 2.11 bits per heavy atom. The lowest BCUT2D eigenvalue weighted by Gasteiger charge is -2.33. The van der Waals surface area contributed by atoms with Crippen molar-refractivity contribution in [1.82, 2.24) is 10.2 Å². The third kappa shape index (κ3) is 7.47. The van der Waals surface area contributed by atoms with Gasteiger partial charge in [0.05, 0.1) is 7.11 Å². The van der Waals surface area contributed by atoms with E-state index in [4.69, 9.17) is 9.47 Å². The number of methoxy groups -OCH3 is 1. The highest BCUT2D eigenvalue weighted by Gasteiger charge is 2.36. The summed E-state index contributed by atoms with van der Waals surface area (Å²) >= 11 is 0. The first-order valence-corrected chi connectivity index (χ1v) is 12.0. The molecule has 2 N–H and O–H groups in total. The molecule has 2 aromatic carbocycles. The van der Waals surface area contributed by atoms with E-state index >= 15 is 0 Å². The van der Waals surface area contributed by atoms with Gasteiger partial charge in [-0.1, -0.05) is 32.0 Å². The molecule has 0 bridgehead atoms. The molecule has 0 heterocycles. The lowest BCUT2D eigenvalue weighted by molar-refractivity contribution is -0.140. The van der Waals surface area contributed by atoms with Gasteiger partial charge in [-0.05, 0) is 81.5 Å². The van der Waals surface area contributed by atoms with Crippen molar-refractivity contribution >= 4 is 23.6 Å². The molecule has 2 unspecified atom stereocenters. The zero-order valence-electron chi connectivity index (χ0n) is 22.8. The van der Waals surface area contributed by atoms with Crippen molar-refractivity contribution in [2.24, 2.45) is 5.92 Å². The zero-order chi connectivity index (χ0) is 27.2. The average molecular weight is 498 g/mol. The second kappa shape index (κ2) is 11.9. The summed E-state index contributed by atoms with van der Waals surface area (Å²) in [5, 5.41) is 5.60. The number of rotatable bonds is 8. The van der Waals surface area contributed by atoms with E-state index in [-0.39, 0.29) is 11.8 Å². The van der Waals surface area contributed by atoms with Crippen molar-refractivity contribution < 1.29 is 23.9 Å². The molecule has 0 saturated heterocycles. The first-order chi connectivity index (χ1) is 16.7. The molecule has 2 rings (SSSR count). The zero-order valence-corrected chi connectivity index (χ0v) is 22.8. The Kier molecular flexibility index (Phi) is 9.50. The van der Waals surface area contributed by atoms with E-state index < -0.39 is 29.7 Å². The highest BCUT2D eigenvalue weighted by molar-refractivity contribution is 5.99. The van der Waals surface area contributed by atoms with Crippen LogP contribution in [0, 0.1) is 19.8 Å². The van der Waals surface area contributed by atoms with E-state index in [1.54, 1.807) is 59.2 Å². The maximum atomic E-state index is 13.7. The number of amides is 3. The molecule has 8 nitrogen and oxygen atoms in total. The van der Waals surface area contributed by atoms with Crippen LogP contribution in [0.25, 0.3) is 0 Å². The minimum atomic E-state index is -0.929. The molecular formula is C28H39N3O5. The molecule has 0 aliphatic carbocycles. The number of ether oxygens (including phenoxy) is 2. The van der Waals surface area contributed by atoms with Gasteiger partial charge in [-0.15, -0.1) is 0 Å². The van der Waals surface area contributed by atoms with Crippen molar-refractivity contribution in [2.45, 2.75) is 66.2 Å². The van der Waals surface area contributed by atoms with E-state index in [1.165, 1.54) is 4.90 Å². The summed E-state index contributed by atoms with van der Waals surface area (Å²) in [7, 11) is 3.15. The van der Waals surface area contributed by atoms with E-state index in [0.29, 0.717) is 17.0 Å². The molecule has 0 fully saturated rings. The predicted octanol–water partition coefficient (Wildman–Crippen LogP) is 5.00. The number of aryl methyl sites for hydroxylation is 1. The number of likely N-dealkylation sites (N-methyl/N-ethyl adjacent to an activating group) is 1. The first kappa shape index (κ1) is 28.7. The van der Waals surface area contributed by atoms with Gasteiger partial charge >= 0.3 is 6.09 Å². The van der Waals surface area contributed by atoms with Gasteiger partial charge < -0.3 is 25.0 Å². The average Bonchev–Trinajstić information content (AvgIpc) is 2.79. The number of hydrogen-bond acceptors (Lipinski definition) is 5. The summed E-state index contributed by atoms with van der Waals surface area (Å²) in [5.74, 6) is -0.341. The molecule has 2 atom stereocenters. The lowest BCUT2D eigenvalue weighted by atomic mass is 9.94. The first-order valence-electron chi connectivity index (χ1n) is 12.0. The third-order valence-corrected chi connectivity index (χ3v) is 5.89. The van der Waals surface area contributed by atoms with Gasteiger partial charge in [-0.25, -0.2) is 4.79 Å². The van der Waals surface area contributed by atoms with Crippen LogP contribution in [0.5, 0.6) is 5.75 Å². The highest BCUT2D eigenvalue weighted by atomic mass is 16.6. The topological polar surface area (TPSA) is 97.0 Å². The molecular weight excluding hydrogens is 458 g/mol. The monoisotopic (exact) mass is 497 g/mol. The SMILES string of the molecule is COc1ccc(NC(=O)C(c2cccc(C)c2C)N(C)C(=O)C(NC(=O)OC(C)(C)C)C(C)C)cc1. The van der Waals surface area contributed by atoms with Crippen LogP contribution in [-0.2, 0) is 14.3 Å². The fourth-order valence-corrected chi connectivity index (χ4v) is 3.78. The molecule has 196 valence electrons. The van der Waals surface area contributed by atoms with Gasteiger partial charge in [-0.2, -0.15) is 0 Å². The second-order valence-electron chi connectivity index (χ2n) is 10.2. The molecule has 2 aromatic rings. The Balaban J connectivity index is 2.41. The Bertz CT molecular complexity index is 1070. The molecule has 0 spiro atoms. The van der Waals surface area contributed by atoms with Crippen LogP contribution in [0.2, 0.25) is 0 Å². The fourth-order valence-electron chi connectivity index (χ4n) is 3.78. The van der Waals surface area contributed by atoms with Crippen molar-refractivity contribution in [3.63, 3.8) is 0 Å². The minimum Gasteiger partial charge on any atom is -0.497 e. The van der Waals surface area contributed by atoms with Crippen LogP contribution in [0.4, 0.5) is 10.5 Å². The summed E-state index contributed by atoms with van der Waals surface area (Å²) in [6.45, 7) is 12.8. The third-order valence-electron chi connectivity index (χ3n) is 5.89. The number of carbonyl (C=O) groups is 3. The van der Waals surface area contributed by atoms with E-state index in [9.17, 15) is 14.4 Å². The van der Waals surface area contributed by atoms with Crippen molar-refractivity contribution in [2.75, 3.05) is 19.5 Å². The van der Waals surface area contributed by atoms with Crippen molar-refractivity contribution in [3.05, 3.63) is 59.2 Å². The Hall–Kier alpha value is -3.55.